The zero-order valence-corrected chi connectivity index (χ0v) is 14.6. The van der Waals surface area contributed by atoms with Crippen molar-refractivity contribution >= 4 is 5.91 Å². The molecule has 1 fully saturated rings. The number of carbonyl (C=O) groups is 1. The number of methoxy groups -OCH3 is 2. The van der Waals surface area contributed by atoms with Crippen LogP contribution in [-0.2, 0) is 11.3 Å². The first kappa shape index (κ1) is 17.6. The van der Waals surface area contributed by atoms with E-state index in [2.05, 4.69) is 10.2 Å². The van der Waals surface area contributed by atoms with Crippen molar-refractivity contribution in [3.8, 4) is 11.5 Å². The van der Waals surface area contributed by atoms with Gasteiger partial charge in [-0.25, -0.2) is 0 Å². The largest absolute Gasteiger partial charge is 0.497 e. The molecule has 1 aliphatic rings. The average molecular weight is 320 g/mol. The summed E-state index contributed by atoms with van der Waals surface area (Å²) in [6.45, 7) is 6.68. The lowest BCUT2D eigenvalue weighted by molar-refractivity contribution is -0.127. The smallest absolute Gasteiger partial charge is 0.223 e. The molecule has 5 nitrogen and oxygen atoms in total. The second kappa shape index (κ2) is 8.20. The summed E-state index contributed by atoms with van der Waals surface area (Å²) >= 11 is 0. The molecule has 0 bridgehead atoms. The molecule has 1 aromatic rings. The van der Waals surface area contributed by atoms with E-state index in [-0.39, 0.29) is 17.9 Å². The molecule has 0 spiro atoms. The highest BCUT2D eigenvalue weighted by Gasteiger charge is 2.25. The van der Waals surface area contributed by atoms with Gasteiger partial charge in [-0.1, -0.05) is 0 Å². The lowest BCUT2D eigenvalue weighted by atomic mass is 9.95. The third-order valence-corrected chi connectivity index (χ3v) is 4.27. The summed E-state index contributed by atoms with van der Waals surface area (Å²) in [4.78, 5) is 14.5. The Morgan fingerprint density at radius 3 is 2.52 bits per heavy atom. The first-order chi connectivity index (χ1) is 11.0. The zero-order chi connectivity index (χ0) is 16.8. The van der Waals surface area contributed by atoms with Gasteiger partial charge in [0.05, 0.1) is 14.2 Å². The average Bonchev–Trinajstić information content (AvgIpc) is 2.54. The third kappa shape index (κ3) is 4.86. The number of nitrogens with one attached hydrogen (secondary N) is 1. The Bertz CT molecular complexity index is 523. The summed E-state index contributed by atoms with van der Waals surface area (Å²) in [7, 11) is 3.36. The number of rotatable bonds is 6. The topological polar surface area (TPSA) is 50.8 Å². The van der Waals surface area contributed by atoms with E-state index in [1.54, 1.807) is 14.2 Å². The van der Waals surface area contributed by atoms with E-state index in [1.807, 2.05) is 32.0 Å². The van der Waals surface area contributed by atoms with E-state index in [4.69, 9.17) is 9.47 Å². The van der Waals surface area contributed by atoms with Gasteiger partial charge < -0.3 is 14.8 Å². The molecule has 5 heteroatoms. The number of likely N-dealkylation sites (tertiary alicyclic amines) is 1. The van der Waals surface area contributed by atoms with Gasteiger partial charge in [0.25, 0.3) is 0 Å². The van der Waals surface area contributed by atoms with E-state index < -0.39 is 0 Å². The van der Waals surface area contributed by atoms with Gasteiger partial charge in [0.2, 0.25) is 5.91 Å². The van der Waals surface area contributed by atoms with Crippen LogP contribution in [0.2, 0.25) is 0 Å². The molecule has 0 aromatic heterocycles. The quantitative estimate of drug-likeness (QED) is 0.875. The number of hydrogen-bond acceptors (Lipinski definition) is 4. The molecule has 1 aromatic carbocycles. The fourth-order valence-corrected chi connectivity index (χ4v) is 3.00. The molecule has 0 unspecified atom stereocenters. The molecular weight excluding hydrogens is 292 g/mol. The normalized spacial score (nSPS) is 16.4. The summed E-state index contributed by atoms with van der Waals surface area (Å²) in [5.41, 5.74) is 1.12. The van der Waals surface area contributed by atoms with Crippen LogP contribution in [0.1, 0.15) is 32.3 Å². The van der Waals surface area contributed by atoms with Crippen molar-refractivity contribution in [2.75, 3.05) is 27.3 Å². The number of carbonyl (C=O) groups excluding carboxylic acids is 1. The number of ether oxygens (including phenoxy) is 2. The SMILES string of the molecule is COc1ccc(OC)c(CN2CCC(C(=O)NC(C)C)CC2)c1. The van der Waals surface area contributed by atoms with Crippen molar-refractivity contribution in [2.24, 2.45) is 5.92 Å². The van der Waals surface area contributed by atoms with Crippen molar-refractivity contribution in [3.05, 3.63) is 23.8 Å². The fraction of sp³-hybridized carbons (Fsp3) is 0.611. The van der Waals surface area contributed by atoms with Crippen LogP contribution in [0.4, 0.5) is 0 Å². The van der Waals surface area contributed by atoms with E-state index in [9.17, 15) is 4.79 Å². The predicted molar refractivity (Wildman–Crippen MR) is 90.8 cm³/mol. The van der Waals surface area contributed by atoms with Crippen LogP contribution in [0.15, 0.2) is 18.2 Å². The third-order valence-electron chi connectivity index (χ3n) is 4.27. The van der Waals surface area contributed by atoms with Gasteiger partial charge in [-0.05, 0) is 58.0 Å². The van der Waals surface area contributed by atoms with Crippen LogP contribution in [-0.4, -0.2) is 44.2 Å². The molecule has 1 N–H and O–H groups in total. The van der Waals surface area contributed by atoms with E-state index in [0.29, 0.717) is 0 Å². The van der Waals surface area contributed by atoms with Gasteiger partial charge in [-0.2, -0.15) is 0 Å². The lowest BCUT2D eigenvalue weighted by Gasteiger charge is -2.32. The summed E-state index contributed by atoms with van der Waals surface area (Å²) in [5.74, 6) is 2.05. The highest BCUT2D eigenvalue weighted by atomic mass is 16.5. The maximum Gasteiger partial charge on any atom is 0.223 e. The minimum Gasteiger partial charge on any atom is -0.497 e. The minimum absolute atomic E-state index is 0.140. The van der Waals surface area contributed by atoms with Crippen LogP contribution < -0.4 is 14.8 Å². The molecule has 1 amide bonds. The Labute approximate surface area is 139 Å². The Morgan fingerprint density at radius 2 is 1.96 bits per heavy atom. The molecule has 2 rings (SSSR count). The number of nitrogens with zero attached hydrogens (tertiary/aromatic N) is 1. The number of benzene rings is 1. The fourth-order valence-electron chi connectivity index (χ4n) is 3.00. The predicted octanol–water partition coefficient (Wildman–Crippen LogP) is 2.44. The highest BCUT2D eigenvalue weighted by Crippen LogP contribution is 2.27. The van der Waals surface area contributed by atoms with Crippen molar-refractivity contribution in [1.82, 2.24) is 10.2 Å². The molecule has 0 radical (unpaired) electrons. The Morgan fingerprint density at radius 1 is 1.26 bits per heavy atom. The lowest BCUT2D eigenvalue weighted by Crippen LogP contribution is -2.42. The Balaban J connectivity index is 1.92. The van der Waals surface area contributed by atoms with Crippen LogP contribution in [0.5, 0.6) is 11.5 Å². The molecule has 1 aliphatic heterocycles. The second-order valence-electron chi connectivity index (χ2n) is 6.39. The summed E-state index contributed by atoms with van der Waals surface area (Å²) in [6, 6.07) is 6.08. The molecule has 0 saturated carbocycles. The van der Waals surface area contributed by atoms with Crippen molar-refractivity contribution in [3.63, 3.8) is 0 Å². The molecule has 0 atom stereocenters. The number of piperidine rings is 1. The van der Waals surface area contributed by atoms with Crippen molar-refractivity contribution in [1.29, 1.82) is 0 Å². The van der Waals surface area contributed by atoms with Gasteiger partial charge >= 0.3 is 0 Å². The first-order valence-corrected chi connectivity index (χ1v) is 8.27. The van der Waals surface area contributed by atoms with Crippen LogP contribution >= 0.6 is 0 Å². The van der Waals surface area contributed by atoms with Crippen LogP contribution in [0, 0.1) is 5.92 Å². The summed E-state index contributed by atoms with van der Waals surface area (Å²) < 4.78 is 10.7. The molecule has 1 saturated heterocycles. The van der Waals surface area contributed by atoms with E-state index in [1.165, 1.54) is 0 Å². The van der Waals surface area contributed by atoms with E-state index >= 15 is 0 Å². The van der Waals surface area contributed by atoms with Gasteiger partial charge in [0, 0.05) is 24.1 Å². The molecule has 23 heavy (non-hydrogen) atoms. The van der Waals surface area contributed by atoms with Gasteiger partial charge in [-0.15, -0.1) is 0 Å². The van der Waals surface area contributed by atoms with Crippen LogP contribution in [0.25, 0.3) is 0 Å². The molecular formula is C18H28N2O3. The molecule has 1 heterocycles. The van der Waals surface area contributed by atoms with E-state index in [0.717, 1.165) is 49.5 Å². The maximum absolute atomic E-state index is 12.1. The monoisotopic (exact) mass is 320 g/mol. The number of amides is 1. The van der Waals surface area contributed by atoms with Gasteiger partial charge in [0.15, 0.2) is 0 Å². The Kier molecular flexibility index (Phi) is 6.28. The summed E-state index contributed by atoms with van der Waals surface area (Å²) in [5, 5.41) is 3.02. The minimum atomic E-state index is 0.140. The standard InChI is InChI=1S/C18H28N2O3/c1-13(2)19-18(21)14-7-9-20(10-8-14)12-15-11-16(22-3)5-6-17(15)23-4/h5-6,11,13-14H,7-10,12H2,1-4H3,(H,19,21). The summed E-state index contributed by atoms with van der Waals surface area (Å²) in [6.07, 6.45) is 1.82. The van der Waals surface area contributed by atoms with Gasteiger partial charge in [-0.3, -0.25) is 9.69 Å². The maximum atomic E-state index is 12.1. The second-order valence-corrected chi connectivity index (χ2v) is 6.39. The molecule has 0 aliphatic carbocycles. The zero-order valence-electron chi connectivity index (χ0n) is 14.6. The van der Waals surface area contributed by atoms with Crippen molar-refractivity contribution in [2.45, 2.75) is 39.3 Å². The van der Waals surface area contributed by atoms with Gasteiger partial charge in [0.1, 0.15) is 11.5 Å². The van der Waals surface area contributed by atoms with Crippen molar-refractivity contribution < 1.29 is 14.3 Å². The number of hydrogen-bond donors (Lipinski definition) is 1. The highest BCUT2D eigenvalue weighted by molar-refractivity contribution is 5.78. The van der Waals surface area contributed by atoms with Crippen LogP contribution in [0.3, 0.4) is 0 Å². The Hall–Kier alpha value is -1.75. The molecule has 128 valence electrons. The first-order valence-electron chi connectivity index (χ1n) is 8.27.